The molecule has 0 radical (unpaired) electrons. The summed E-state index contributed by atoms with van der Waals surface area (Å²) in [6, 6.07) is 10.4. The molecule has 3 N–H and O–H groups in total. The number of amides is 1. The van der Waals surface area contributed by atoms with Gasteiger partial charge in [-0.05, 0) is 42.7 Å². The zero-order chi connectivity index (χ0) is 15.7. The van der Waals surface area contributed by atoms with Gasteiger partial charge in [0, 0.05) is 13.0 Å². The fourth-order valence-electron chi connectivity index (χ4n) is 2.64. The first kappa shape index (κ1) is 17.7. The number of rotatable bonds is 9. The van der Waals surface area contributed by atoms with Crippen molar-refractivity contribution in [2.24, 2.45) is 17.6 Å². The Morgan fingerprint density at radius 2 is 1.86 bits per heavy atom. The van der Waals surface area contributed by atoms with Crippen LogP contribution >= 0.6 is 0 Å². The second-order valence-corrected chi connectivity index (χ2v) is 6.39. The van der Waals surface area contributed by atoms with E-state index in [2.05, 4.69) is 50.4 Å². The van der Waals surface area contributed by atoms with Gasteiger partial charge >= 0.3 is 0 Å². The fourth-order valence-corrected chi connectivity index (χ4v) is 2.64. The van der Waals surface area contributed by atoms with E-state index in [1.807, 2.05) is 6.07 Å². The van der Waals surface area contributed by atoms with E-state index < -0.39 is 0 Å². The normalized spacial score (nSPS) is 14.0. The lowest BCUT2D eigenvalue weighted by molar-refractivity contribution is -0.122. The molecule has 1 aromatic rings. The Bertz CT molecular complexity index is 403. The largest absolute Gasteiger partial charge is 0.356 e. The van der Waals surface area contributed by atoms with Gasteiger partial charge in [-0.3, -0.25) is 4.79 Å². The summed E-state index contributed by atoms with van der Waals surface area (Å²) in [6.07, 6.45) is 2.53. The molecule has 0 saturated heterocycles. The number of hydrogen-bond donors (Lipinski definition) is 2. The molecular weight excluding hydrogens is 260 g/mol. The van der Waals surface area contributed by atoms with Crippen LogP contribution in [0.4, 0.5) is 0 Å². The smallest absolute Gasteiger partial charge is 0.220 e. The van der Waals surface area contributed by atoms with Crippen molar-refractivity contribution in [1.29, 1.82) is 0 Å². The Hall–Kier alpha value is -1.35. The van der Waals surface area contributed by atoms with Crippen molar-refractivity contribution in [3.05, 3.63) is 35.9 Å². The number of hydrogen-bond acceptors (Lipinski definition) is 2. The third-order valence-electron chi connectivity index (χ3n) is 3.88. The Balaban J connectivity index is 2.27. The molecule has 0 aliphatic rings. The van der Waals surface area contributed by atoms with Crippen LogP contribution in [0.5, 0.6) is 0 Å². The van der Waals surface area contributed by atoms with E-state index in [1.165, 1.54) is 5.56 Å². The quantitative estimate of drug-likeness (QED) is 0.733. The van der Waals surface area contributed by atoms with E-state index in [0.717, 1.165) is 19.4 Å². The maximum Gasteiger partial charge on any atom is 0.220 e. The zero-order valence-corrected chi connectivity index (χ0v) is 13.6. The minimum absolute atomic E-state index is 0.131. The van der Waals surface area contributed by atoms with E-state index in [4.69, 9.17) is 5.73 Å². The van der Waals surface area contributed by atoms with Crippen LogP contribution in [0.3, 0.4) is 0 Å². The Kier molecular flexibility index (Phi) is 8.06. The summed E-state index contributed by atoms with van der Waals surface area (Å²) in [5.74, 6) is 1.49. The Morgan fingerprint density at radius 1 is 1.19 bits per heavy atom. The monoisotopic (exact) mass is 290 g/mol. The van der Waals surface area contributed by atoms with Gasteiger partial charge in [-0.25, -0.2) is 0 Å². The number of nitrogens with one attached hydrogen (secondary N) is 1. The minimum Gasteiger partial charge on any atom is -0.356 e. The van der Waals surface area contributed by atoms with Gasteiger partial charge in [0.05, 0.1) is 0 Å². The highest BCUT2D eigenvalue weighted by Gasteiger charge is 2.14. The molecule has 0 aliphatic heterocycles. The summed E-state index contributed by atoms with van der Waals surface area (Å²) in [5, 5.41) is 3.03. The van der Waals surface area contributed by atoms with E-state index in [1.54, 1.807) is 0 Å². The minimum atomic E-state index is 0.131. The average molecular weight is 290 g/mol. The van der Waals surface area contributed by atoms with Crippen LogP contribution in [-0.4, -0.2) is 19.0 Å². The van der Waals surface area contributed by atoms with Gasteiger partial charge in [0.2, 0.25) is 5.91 Å². The van der Waals surface area contributed by atoms with Crippen LogP contribution in [0.2, 0.25) is 0 Å². The van der Waals surface area contributed by atoms with Gasteiger partial charge in [-0.1, -0.05) is 51.1 Å². The van der Waals surface area contributed by atoms with Crippen LogP contribution < -0.4 is 11.1 Å². The van der Waals surface area contributed by atoms with Crippen molar-refractivity contribution < 1.29 is 4.79 Å². The molecule has 3 heteroatoms. The van der Waals surface area contributed by atoms with Crippen molar-refractivity contribution >= 4 is 5.91 Å². The van der Waals surface area contributed by atoms with Crippen LogP contribution in [-0.2, 0) is 4.79 Å². The second kappa shape index (κ2) is 9.56. The van der Waals surface area contributed by atoms with Crippen molar-refractivity contribution in [3.8, 4) is 0 Å². The molecule has 0 fully saturated rings. The summed E-state index contributed by atoms with van der Waals surface area (Å²) in [5.41, 5.74) is 7.07. The molecule has 118 valence electrons. The summed E-state index contributed by atoms with van der Waals surface area (Å²) in [7, 11) is 0. The maximum atomic E-state index is 11.9. The Labute approximate surface area is 129 Å². The lowest BCUT2D eigenvalue weighted by atomic mass is 9.94. The van der Waals surface area contributed by atoms with E-state index in [-0.39, 0.29) is 5.91 Å². The first-order chi connectivity index (χ1) is 10.0. The molecule has 0 saturated carbocycles. The lowest BCUT2D eigenvalue weighted by Crippen LogP contribution is -2.30. The molecule has 0 aromatic heterocycles. The number of benzene rings is 1. The molecule has 1 rings (SSSR count). The molecule has 2 atom stereocenters. The molecule has 0 heterocycles. The zero-order valence-electron chi connectivity index (χ0n) is 13.6. The predicted molar refractivity (Wildman–Crippen MR) is 89.1 cm³/mol. The summed E-state index contributed by atoms with van der Waals surface area (Å²) in [4.78, 5) is 11.9. The molecule has 21 heavy (non-hydrogen) atoms. The SMILES string of the molecule is CC(C)CC(CN)CC(=O)NCCC(C)c1ccccc1. The first-order valence-electron chi connectivity index (χ1n) is 8.04. The molecule has 0 bridgehead atoms. The van der Waals surface area contributed by atoms with E-state index in [0.29, 0.717) is 30.7 Å². The molecule has 1 aromatic carbocycles. The van der Waals surface area contributed by atoms with Crippen LogP contribution in [0, 0.1) is 11.8 Å². The first-order valence-corrected chi connectivity index (χ1v) is 8.04. The van der Waals surface area contributed by atoms with Crippen molar-refractivity contribution in [3.63, 3.8) is 0 Å². The summed E-state index contributed by atoms with van der Waals surface area (Å²) >= 11 is 0. The molecule has 1 amide bonds. The fraction of sp³-hybridized carbons (Fsp3) is 0.611. The molecule has 2 unspecified atom stereocenters. The van der Waals surface area contributed by atoms with Gasteiger partial charge in [-0.2, -0.15) is 0 Å². The highest BCUT2D eigenvalue weighted by molar-refractivity contribution is 5.76. The van der Waals surface area contributed by atoms with Crippen LogP contribution in [0.15, 0.2) is 30.3 Å². The van der Waals surface area contributed by atoms with Crippen molar-refractivity contribution in [2.45, 2.75) is 46.0 Å². The summed E-state index contributed by atoms with van der Waals surface area (Å²) in [6.45, 7) is 7.85. The van der Waals surface area contributed by atoms with Crippen molar-refractivity contribution in [2.75, 3.05) is 13.1 Å². The third-order valence-corrected chi connectivity index (χ3v) is 3.88. The highest BCUT2D eigenvalue weighted by Crippen LogP contribution is 2.18. The van der Waals surface area contributed by atoms with Crippen LogP contribution in [0.25, 0.3) is 0 Å². The van der Waals surface area contributed by atoms with Gasteiger partial charge in [-0.15, -0.1) is 0 Å². The van der Waals surface area contributed by atoms with Gasteiger partial charge < -0.3 is 11.1 Å². The predicted octanol–water partition coefficient (Wildman–Crippen LogP) is 3.31. The maximum absolute atomic E-state index is 11.9. The lowest BCUT2D eigenvalue weighted by Gasteiger charge is -2.17. The molecule has 0 aliphatic carbocycles. The molecule has 0 spiro atoms. The Morgan fingerprint density at radius 3 is 2.43 bits per heavy atom. The van der Waals surface area contributed by atoms with Crippen molar-refractivity contribution in [1.82, 2.24) is 5.32 Å². The highest BCUT2D eigenvalue weighted by atomic mass is 16.1. The standard InChI is InChI=1S/C18H30N2O/c1-14(2)11-16(13-19)12-18(21)20-10-9-15(3)17-7-5-4-6-8-17/h4-8,14-16H,9-13,19H2,1-3H3,(H,20,21). The third kappa shape index (κ3) is 7.28. The van der Waals surface area contributed by atoms with Crippen LogP contribution in [0.1, 0.15) is 51.5 Å². The van der Waals surface area contributed by atoms with Gasteiger partial charge in [0.1, 0.15) is 0 Å². The summed E-state index contributed by atoms with van der Waals surface area (Å²) < 4.78 is 0. The van der Waals surface area contributed by atoms with E-state index in [9.17, 15) is 4.79 Å². The molecular formula is C18H30N2O. The topological polar surface area (TPSA) is 55.1 Å². The van der Waals surface area contributed by atoms with Gasteiger partial charge in [0.25, 0.3) is 0 Å². The van der Waals surface area contributed by atoms with Gasteiger partial charge in [0.15, 0.2) is 0 Å². The number of nitrogens with two attached hydrogens (primary N) is 1. The number of carbonyl (C=O) groups is 1. The number of carbonyl (C=O) groups excluding carboxylic acids is 1. The molecule has 3 nitrogen and oxygen atoms in total. The van der Waals surface area contributed by atoms with E-state index >= 15 is 0 Å². The second-order valence-electron chi connectivity index (χ2n) is 6.39. The average Bonchev–Trinajstić information content (AvgIpc) is 2.46.